The molecule has 7 nitrogen and oxygen atoms in total. The van der Waals surface area contributed by atoms with Crippen LogP contribution in [0.3, 0.4) is 0 Å². The molecule has 0 spiro atoms. The molecular weight excluding hydrogens is 426 g/mol. The Morgan fingerprint density at radius 3 is 2.68 bits per heavy atom. The van der Waals surface area contributed by atoms with Gasteiger partial charge in [0, 0.05) is 5.69 Å². The minimum Gasteiger partial charge on any atom is -0.484 e. The average Bonchev–Trinajstić information content (AvgIpc) is 3.28. The zero-order chi connectivity index (χ0) is 23.7. The number of ether oxygens (including phenoxy) is 1. The fourth-order valence-electron chi connectivity index (χ4n) is 4.45. The van der Waals surface area contributed by atoms with E-state index >= 15 is 0 Å². The van der Waals surface area contributed by atoms with Crippen molar-refractivity contribution in [3.63, 3.8) is 0 Å². The normalized spacial score (nSPS) is 17.7. The van der Waals surface area contributed by atoms with Crippen LogP contribution < -0.4 is 15.4 Å². The molecule has 2 heterocycles. The third-order valence-electron chi connectivity index (χ3n) is 6.27. The molecule has 2 N–H and O–H groups in total. The predicted octanol–water partition coefficient (Wildman–Crippen LogP) is 5.80. The minimum absolute atomic E-state index is 0.0182. The van der Waals surface area contributed by atoms with Crippen LogP contribution in [0.15, 0.2) is 73.2 Å². The van der Waals surface area contributed by atoms with E-state index in [0.29, 0.717) is 0 Å². The number of nitrogens with one attached hydrogen (secondary N) is 2. The summed E-state index contributed by atoms with van der Waals surface area (Å²) in [6.45, 7) is 6.48. The van der Waals surface area contributed by atoms with Crippen molar-refractivity contribution in [2.45, 2.75) is 51.2 Å². The summed E-state index contributed by atoms with van der Waals surface area (Å²) in [5, 5.41) is 14.1. The zero-order valence-electron chi connectivity index (χ0n) is 19.7. The summed E-state index contributed by atoms with van der Waals surface area (Å²) in [4.78, 5) is 12.9. The molecule has 2 atom stereocenters. The number of hydrogen-bond donors (Lipinski definition) is 2. The molecule has 1 aliphatic carbocycles. The molecule has 0 fully saturated rings. The number of fused-ring (bicyclic) bond motifs is 2. The summed E-state index contributed by atoms with van der Waals surface area (Å²) in [6, 6.07) is 19.7. The molecule has 1 aliphatic rings. The van der Waals surface area contributed by atoms with Crippen molar-refractivity contribution in [2.24, 2.45) is 0 Å². The molecule has 2 amide bonds. The van der Waals surface area contributed by atoms with Gasteiger partial charge >= 0.3 is 6.03 Å². The summed E-state index contributed by atoms with van der Waals surface area (Å²) in [5.74, 6) is 0.759. The van der Waals surface area contributed by atoms with E-state index in [1.54, 1.807) is 6.33 Å². The minimum atomic E-state index is -0.205. The first-order valence-electron chi connectivity index (χ1n) is 11.6. The van der Waals surface area contributed by atoms with Gasteiger partial charge in [0.05, 0.1) is 12.2 Å². The number of anilines is 1. The van der Waals surface area contributed by atoms with Gasteiger partial charge in [0.2, 0.25) is 0 Å². The summed E-state index contributed by atoms with van der Waals surface area (Å²) in [6.07, 6.45) is 5.04. The first-order chi connectivity index (χ1) is 16.4. The number of pyridine rings is 1. The number of benzene rings is 2. The van der Waals surface area contributed by atoms with Crippen LogP contribution in [0.1, 0.15) is 62.4 Å². The first-order valence-corrected chi connectivity index (χ1v) is 11.6. The highest BCUT2D eigenvalue weighted by atomic mass is 16.5. The van der Waals surface area contributed by atoms with Crippen molar-refractivity contribution in [1.82, 2.24) is 19.9 Å². The van der Waals surface area contributed by atoms with E-state index in [1.807, 2.05) is 53.1 Å². The Bertz CT molecular complexity index is 1320. The molecule has 7 heteroatoms. The van der Waals surface area contributed by atoms with Crippen molar-refractivity contribution >= 4 is 17.4 Å². The maximum atomic E-state index is 12.9. The Morgan fingerprint density at radius 1 is 1.03 bits per heavy atom. The second-order valence-electron chi connectivity index (χ2n) is 9.76. The highest BCUT2D eigenvalue weighted by Gasteiger charge is 2.29. The molecule has 2 aromatic carbocycles. The summed E-state index contributed by atoms with van der Waals surface area (Å²) in [5.41, 5.74) is 4.95. The van der Waals surface area contributed by atoms with Crippen molar-refractivity contribution in [3.8, 4) is 5.75 Å². The van der Waals surface area contributed by atoms with Gasteiger partial charge in [-0.1, -0.05) is 57.2 Å². The van der Waals surface area contributed by atoms with Crippen molar-refractivity contribution < 1.29 is 9.53 Å². The molecule has 0 bridgehead atoms. The van der Waals surface area contributed by atoms with Crippen LogP contribution in [-0.2, 0) is 5.41 Å². The van der Waals surface area contributed by atoms with Gasteiger partial charge in [0.15, 0.2) is 5.65 Å². The molecule has 4 aromatic rings. The van der Waals surface area contributed by atoms with E-state index in [4.69, 9.17) is 4.74 Å². The quantitative estimate of drug-likeness (QED) is 0.407. The third kappa shape index (κ3) is 4.59. The summed E-state index contributed by atoms with van der Waals surface area (Å²) < 4.78 is 8.19. The zero-order valence-corrected chi connectivity index (χ0v) is 19.7. The van der Waals surface area contributed by atoms with Crippen LogP contribution in [0.4, 0.5) is 10.5 Å². The second-order valence-corrected chi connectivity index (χ2v) is 9.76. The molecular formula is C27H29N5O2. The van der Waals surface area contributed by atoms with Crippen LogP contribution in [0.2, 0.25) is 0 Å². The molecule has 2 unspecified atom stereocenters. The van der Waals surface area contributed by atoms with Crippen LogP contribution in [0, 0.1) is 0 Å². The predicted molar refractivity (Wildman–Crippen MR) is 132 cm³/mol. The highest BCUT2D eigenvalue weighted by Crippen LogP contribution is 2.38. The number of nitrogens with zero attached hydrogens (tertiary/aromatic N) is 3. The molecule has 0 aliphatic heterocycles. The number of urea groups is 1. The lowest BCUT2D eigenvalue weighted by Crippen LogP contribution is -2.35. The van der Waals surface area contributed by atoms with Gasteiger partial charge in [-0.05, 0) is 59.2 Å². The number of rotatable bonds is 4. The average molecular weight is 456 g/mol. The lowest BCUT2D eigenvalue weighted by molar-refractivity contribution is 0.171. The largest absolute Gasteiger partial charge is 0.484 e. The Kier molecular flexibility index (Phi) is 5.69. The van der Waals surface area contributed by atoms with Crippen molar-refractivity contribution in [3.05, 3.63) is 89.9 Å². The topological polar surface area (TPSA) is 80.5 Å². The highest BCUT2D eigenvalue weighted by molar-refractivity contribution is 5.89. The Morgan fingerprint density at radius 2 is 1.85 bits per heavy atom. The van der Waals surface area contributed by atoms with Crippen LogP contribution in [0.25, 0.3) is 5.65 Å². The Labute approximate surface area is 199 Å². The van der Waals surface area contributed by atoms with Crippen molar-refractivity contribution in [1.29, 1.82) is 0 Å². The van der Waals surface area contributed by atoms with E-state index in [-0.39, 0.29) is 23.6 Å². The Hall–Kier alpha value is -3.87. The molecule has 5 rings (SSSR count). The lowest BCUT2D eigenvalue weighted by atomic mass is 9.85. The number of aromatic nitrogens is 3. The van der Waals surface area contributed by atoms with Crippen LogP contribution >= 0.6 is 0 Å². The number of carbonyl (C=O) groups is 1. The van der Waals surface area contributed by atoms with Gasteiger partial charge in [0.25, 0.3) is 0 Å². The Balaban J connectivity index is 1.30. The fraction of sp³-hybridized carbons (Fsp3) is 0.296. The second kappa shape index (κ2) is 8.82. The summed E-state index contributed by atoms with van der Waals surface area (Å²) >= 11 is 0. The van der Waals surface area contributed by atoms with Gasteiger partial charge in [-0.2, -0.15) is 0 Å². The number of carbonyl (C=O) groups excluding carboxylic acids is 1. The smallest absolute Gasteiger partial charge is 0.319 e. The molecule has 0 radical (unpaired) electrons. The molecule has 174 valence electrons. The molecule has 2 aromatic heterocycles. The number of hydrogen-bond acceptors (Lipinski definition) is 4. The van der Waals surface area contributed by atoms with Crippen molar-refractivity contribution in [2.75, 3.05) is 5.32 Å². The van der Waals surface area contributed by atoms with Gasteiger partial charge in [-0.25, -0.2) is 4.79 Å². The van der Waals surface area contributed by atoms with E-state index in [2.05, 4.69) is 59.8 Å². The molecule has 34 heavy (non-hydrogen) atoms. The molecule has 0 saturated heterocycles. The van der Waals surface area contributed by atoms with Crippen LogP contribution in [-0.4, -0.2) is 20.6 Å². The fourth-order valence-corrected chi connectivity index (χ4v) is 4.45. The standard InChI is InChI=1S/C27H29N5O2/c1-27(2,3)18-7-6-8-19(15-18)29-26(33)30-23-12-13-24(22-10-5-4-9-21(22)23)34-20-11-14-25-31-28-17-32(25)16-20/h4-11,14-17,23-24H,12-13H2,1-3H3,(H2,29,30,33). The monoisotopic (exact) mass is 455 g/mol. The van der Waals surface area contributed by atoms with Gasteiger partial charge in [0.1, 0.15) is 18.2 Å². The number of amides is 2. The van der Waals surface area contributed by atoms with E-state index in [1.165, 1.54) is 5.56 Å². The van der Waals surface area contributed by atoms with E-state index in [0.717, 1.165) is 41.1 Å². The van der Waals surface area contributed by atoms with E-state index < -0.39 is 0 Å². The van der Waals surface area contributed by atoms with Gasteiger partial charge in [-0.15, -0.1) is 10.2 Å². The van der Waals surface area contributed by atoms with E-state index in [9.17, 15) is 4.79 Å². The van der Waals surface area contributed by atoms with Gasteiger partial charge < -0.3 is 15.4 Å². The maximum absolute atomic E-state index is 12.9. The SMILES string of the molecule is CC(C)(C)c1cccc(NC(=O)NC2CCC(Oc3ccc4nncn4c3)c3ccccc32)c1. The first kappa shape index (κ1) is 21.9. The van der Waals surface area contributed by atoms with Gasteiger partial charge in [-0.3, -0.25) is 4.40 Å². The molecule has 0 saturated carbocycles. The lowest BCUT2D eigenvalue weighted by Gasteiger charge is -2.32. The maximum Gasteiger partial charge on any atom is 0.319 e. The van der Waals surface area contributed by atoms with Crippen LogP contribution in [0.5, 0.6) is 5.75 Å². The third-order valence-corrected chi connectivity index (χ3v) is 6.27. The summed E-state index contributed by atoms with van der Waals surface area (Å²) in [7, 11) is 0.